The van der Waals surface area contributed by atoms with Gasteiger partial charge in [0, 0.05) is 25.7 Å². The van der Waals surface area contributed by atoms with E-state index in [-0.39, 0.29) is 11.8 Å². The minimum atomic E-state index is 0.201. The normalized spacial score (nSPS) is 22.4. The Balaban J connectivity index is 2.02. The number of hydrogen-bond acceptors (Lipinski definition) is 2. The van der Waals surface area contributed by atoms with Crippen LogP contribution in [0.3, 0.4) is 0 Å². The summed E-state index contributed by atoms with van der Waals surface area (Å²) in [6, 6.07) is 0. The third kappa shape index (κ3) is 3.77. The molecular weight excluding hydrogens is 166 g/mol. The van der Waals surface area contributed by atoms with Gasteiger partial charge in [-0.05, 0) is 18.8 Å². The summed E-state index contributed by atoms with van der Waals surface area (Å²) in [6.07, 6.45) is 1.85. The van der Waals surface area contributed by atoms with Crippen molar-refractivity contribution in [1.29, 1.82) is 0 Å². The largest absolute Gasteiger partial charge is 0.381 e. The van der Waals surface area contributed by atoms with Gasteiger partial charge in [-0.1, -0.05) is 13.8 Å². The molecule has 0 aromatic rings. The van der Waals surface area contributed by atoms with Crippen LogP contribution in [0.25, 0.3) is 0 Å². The van der Waals surface area contributed by atoms with Crippen molar-refractivity contribution in [2.24, 2.45) is 11.8 Å². The Kier molecular flexibility index (Phi) is 4.22. The zero-order valence-electron chi connectivity index (χ0n) is 8.51. The number of carbonyl (C=O) groups excluding carboxylic acids is 1. The Bertz CT molecular complexity index is 168. The minimum Gasteiger partial charge on any atom is -0.381 e. The molecule has 13 heavy (non-hydrogen) atoms. The zero-order chi connectivity index (χ0) is 9.68. The second-order valence-electron chi connectivity index (χ2n) is 4.03. The number of carbonyl (C=O) groups is 1. The lowest BCUT2D eigenvalue weighted by atomic mass is 10.1. The summed E-state index contributed by atoms with van der Waals surface area (Å²) in [5.41, 5.74) is 0. The number of amides is 1. The first-order valence-electron chi connectivity index (χ1n) is 5.05. The summed E-state index contributed by atoms with van der Waals surface area (Å²) < 4.78 is 5.43. The van der Waals surface area contributed by atoms with Crippen molar-refractivity contribution in [1.82, 2.24) is 5.32 Å². The predicted octanol–water partition coefficient (Wildman–Crippen LogP) is 1.19. The molecule has 0 aromatic carbocycles. The van der Waals surface area contributed by atoms with E-state index in [1.165, 1.54) is 0 Å². The Morgan fingerprint density at radius 1 is 1.62 bits per heavy atom. The third-order valence-electron chi connectivity index (χ3n) is 2.22. The molecule has 1 amide bonds. The zero-order valence-corrected chi connectivity index (χ0v) is 8.51. The Morgan fingerprint density at radius 2 is 2.38 bits per heavy atom. The molecule has 1 aliphatic heterocycles. The fourth-order valence-corrected chi connectivity index (χ4v) is 1.47. The smallest absolute Gasteiger partial charge is 0.223 e. The first-order valence-corrected chi connectivity index (χ1v) is 5.05. The highest BCUT2D eigenvalue weighted by Crippen LogP contribution is 2.13. The van der Waals surface area contributed by atoms with Crippen LogP contribution in [-0.4, -0.2) is 25.7 Å². The van der Waals surface area contributed by atoms with Gasteiger partial charge in [-0.25, -0.2) is 0 Å². The van der Waals surface area contributed by atoms with E-state index in [4.69, 9.17) is 4.74 Å². The summed E-state index contributed by atoms with van der Waals surface area (Å²) >= 11 is 0. The standard InChI is InChI=1S/C10H19NO2/c1-8(2)7-13-6-4-9-3-5-11-10(9)12/h8-9H,3-7H2,1-2H3,(H,11,12). The Labute approximate surface area is 79.8 Å². The molecule has 0 spiro atoms. The molecule has 1 fully saturated rings. The first kappa shape index (κ1) is 10.5. The molecular formula is C10H19NO2. The fourth-order valence-electron chi connectivity index (χ4n) is 1.47. The SMILES string of the molecule is CC(C)COCCC1CCNC1=O. The summed E-state index contributed by atoms with van der Waals surface area (Å²) in [4.78, 5) is 11.1. The van der Waals surface area contributed by atoms with Crippen molar-refractivity contribution in [3.8, 4) is 0 Å². The van der Waals surface area contributed by atoms with E-state index in [2.05, 4.69) is 19.2 Å². The lowest BCUT2D eigenvalue weighted by molar-refractivity contribution is -0.122. The van der Waals surface area contributed by atoms with Crippen LogP contribution in [-0.2, 0) is 9.53 Å². The summed E-state index contributed by atoms with van der Waals surface area (Å²) in [5, 5.41) is 2.82. The van der Waals surface area contributed by atoms with Crippen molar-refractivity contribution in [2.45, 2.75) is 26.7 Å². The number of rotatable bonds is 5. The second-order valence-corrected chi connectivity index (χ2v) is 4.03. The molecule has 1 unspecified atom stereocenters. The molecule has 0 aliphatic carbocycles. The van der Waals surface area contributed by atoms with Crippen LogP contribution >= 0.6 is 0 Å². The quantitative estimate of drug-likeness (QED) is 0.653. The predicted molar refractivity (Wildman–Crippen MR) is 51.4 cm³/mol. The molecule has 1 heterocycles. The molecule has 0 saturated carbocycles. The van der Waals surface area contributed by atoms with Crippen molar-refractivity contribution in [3.05, 3.63) is 0 Å². The lowest BCUT2D eigenvalue weighted by Gasteiger charge is -2.08. The molecule has 0 bridgehead atoms. The molecule has 3 heteroatoms. The maximum atomic E-state index is 11.1. The summed E-state index contributed by atoms with van der Waals surface area (Å²) in [6.45, 7) is 6.61. The molecule has 1 N–H and O–H groups in total. The monoisotopic (exact) mass is 185 g/mol. The maximum absolute atomic E-state index is 11.1. The summed E-state index contributed by atoms with van der Waals surface area (Å²) in [5.74, 6) is 0.984. The molecule has 1 rings (SSSR count). The third-order valence-corrected chi connectivity index (χ3v) is 2.22. The Morgan fingerprint density at radius 3 is 2.92 bits per heavy atom. The highest BCUT2D eigenvalue weighted by Gasteiger charge is 2.23. The minimum absolute atomic E-state index is 0.201. The van der Waals surface area contributed by atoms with Gasteiger partial charge in [0.2, 0.25) is 5.91 Å². The van der Waals surface area contributed by atoms with Crippen LogP contribution < -0.4 is 5.32 Å². The number of nitrogens with one attached hydrogen (secondary N) is 1. The van der Waals surface area contributed by atoms with E-state index in [1.54, 1.807) is 0 Å². The highest BCUT2D eigenvalue weighted by atomic mass is 16.5. The second kappa shape index (κ2) is 5.22. The van der Waals surface area contributed by atoms with E-state index in [0.29, 0.717) is 5.92 Å². The molecule has 3 nitrogen and oxygen atoms in total. The van der Waals surface area contributed by atoms with Crippen LogP contribution in [0.2, 0.25) is 0 Å². The van der Waals surface area contributed by atoms with E-state index in [1.807, 2.05) is 0 Å². The van der Waals surface area contributed by atoms with Crippen LogP contribution in [0.4, 0.5) is 0 Å². The topological polar surface area (TPSA) is 38.3 Å². The number of ether oxygens (including phenoxy) is 1. The molecule has 1 saturated heterocycles. The van der Waals surface area contributed by atoms with Gasteiger partial charge < -0.3 is 10.1 Å². The van der Waals surface area contributed by atoms with Crippen molar-refractivity contribution < 1.29 is 9.53 Å². The van der Waals surface area contributed by atoms with E-state index < -0.39 is 0 Å². The van der Waals surface area contributed by atoms with Crippen molar-refractivity contribution in [2.75, 3.05) is 19.8 Å². The highest BCUT2D eigenvalue weighted by molar-refractivity contribution is 5.80. The van der Waals surface area contributed by atoms with Crippen LogP contribution in [0.15, 0.2) is 0 Å². The van der Waals surface area contributed by atoms with Crippen LogP contribution in [0.1, 0.15) is 26.7 Å². The van der Waals surface area contributed by atoms with Gasteiger partial charge in [0.15, 0.2) is 0 Å². The van der Waals surface area contributed by atoms with E-state index in [9.17, 15) is 4.79 Å². The molecule has 0 radical (unpaired) electrons. The fraction of sp³-hybridized carbons (Fsp3) is 0.900. The lowest BCUT2D eigenvalue weighted by Crippen LogP contribution is -2.20. The van der Waals surface area contributed by atoms with Gasteiger partial charge >= 0.3 is 0 Å². The summed E-state index contributed by atoms with van der Waals surface area (Å²) in [7, 11) is 0. The van der Waals surface area contributed by atoms with Crippen molar-refractivity contribution in [3.63, 3.8) is 0 Å². The average Bonchev–Trinajstić information content (AvgIpc) is 2.45. The molecule has 0 aromatic heterocycles. The van der Waals surface area contributed by atoms with Crippen LogP contribution in [0.5, 0.6) is 0 Å². The van der Waals surface area contributed by atoms with Crippen LogP contribution in [0, 0.1) is 11.8 Å². The average molecular weight is 185 g/mol. The molecule has 76 valence electrons. The molecule has 1 atom stereocenters. The maximum Gasteiger partial charge on any atom is 0.223 e. The van der Waals surface area contributed by atoms with E-state index in [0.717, 1.165) is 32.6 Å². The van der Waals surface area contributed by atoms with Gasteiger partial charge in [-0.2, -0.15) is 0 Å². The first-order chi connectivity index (χ1) is 6.20. The van der Waals surface area contributed by atoms with Gasteiger partial charge in [-0.3, -0.25) is 4.79 Å². The van der Waals surface area contributed by atoms with E-state index >= 15 is 0 Å². The Hall–Kier alpha value is -0.570. The van der Waals surface area contributed by atoms with Crippen molar-refractivity contribution >= 4 is 5.91 Å². The van der Waals surface area contributed by atoms with Gasteiger partial charge in [-0.15, -0.1) is 0 Å². The van der Waals surface area contributed by atoms with Gasteiger partial charge in [0.1, 0.15) is 0 Å². The van der Waals surface area contributed by atoms with Gasteiger partial charge in [0.25, 0.3) is 0 Å². The van der Waals surface area contributed by atoms with Gasteiger partial charge in [0.05, 0.1) is 0 Å². The molecule has 1 aliphatic rings. The number of hydrogen-bond donors (Lipinski definition) is 1.